The quantitative estimate of drug-likeness (QED) is 0.776. The van der Waals surface area contributed by atoms with Gasteiger partial charge < -0.3 is 10.4 Å². The van der Waals surface area contributed by atoms with Crippen LogP contribution in [-0.2, 0) is 0 Å². The summed E-state index contributed by atoms with van der Waals surface area (Å²) in [6, 6.07) is 6.17. The first kappa shape index (κ1) is 15.0. The van der Waals surface area contributed by atoms with Gasteiger partial charge in [0.25, 0.3) is 0 Å². The van der Waals surface area contributed by atoms with Crippen LogP contribution in [0, 0.1) is 0 Å². The average Bonchev–Trinajstić information content (AvgIpc) is 2.42. The Balaban J connectivity index is 2.69. The Bertz CT molecular complexity index is 446. The van der Waals surface area contributed by atoms with Crippen LogP contribution in [0.2, 0.25) is 0 Å². The number of benzene rings is 1. The van der Waals surface area contributed by atoms with Crippen molar-refractivity contribution >= 4 is 17.7 Å². The van der Waals surface area contributed by atoms with Crippen LogP contribution in [0.3, 0.4) is 0 Å². The standard InChI is InChI=1S/C14H20N2O3/c1-3-4-7-10-15-14(19)16(2)12-9-6-5-8-11(12)13(17)18/h5-6,8-9H,3-4,7,10H2,1-2H3,(H,15,19)(H,17,18). The maximum absolute atomic E-state index is 11.9. The number of para-hydroxylation sites is 1. The molecule has 0 bridgehead atoms. The summed E-state index contributed by atoms with van der Waals surface area (Å²) in [5.74, 6) is -1.04. The molecular formula is C14H20N2O3. The fraction of sp³-hybridized carbons (Fsp3) is 0.429. The number of nitrogens with one attached hydrogen (secondary N) is 1. The van der Waals surface area contributed by atoms with E-state index in [0.717, 1.165) is 19.3 Å². The second kappa shape index (κ2) is 7.41. The van der Waals surface area contributed by atoms with Gasteiger partial charge >= 0.3 is 12.0 Å². The summed E-state index contributed by atoms with van der Waals surface area (Å²) in [6.07, 6.45) is 3.08. The lowest BCUT2D eigenvalue weighted by Crippen LogP contribution is -2.38. The molecule has 0 saturated heterocycles. The SMILES string of the molecule is CCCCCNC(=O)N(C)c1ccccc1C(=O)O. The Morgan fingerprint density at radius 3 is 2.58 bits per heavy atom. The molecule has 2 N–H and O–H groups in total. The van der Waals surface area contributed by atoms with Gasteiger partial charge in [0.2, 0.25) is 0 Å². The van der Waals surface area contributed by atoms with Crippen LogP contribution in [0.5, 0.6) is 0 Å². The predicted molar refractivity (Wildman–Crippen MR) is 74.7 cm³/mol. The zero-order chi connectivity index (χ0) is 14.3. The van der Waals surface area contributed by atoms with Gasteiger partial charge in [-0.2, -0.15) is 0 Å². The van der Waals surface area contributed by atoms with Crippen LogP contribution < -0.4 is 10.2 Å². The number of carbonyl (C=O) groups excluding carboxylic acids is 1. The normalized spacial score (nSPS) is 10.0. The monoisotopic (exact) mass is 264 g/mol. The number of aromatic carboxylic acids is 1. The smallest absolute Gasteiger partial charge is 0.337 e. The van der Waals surface area contributed by atoms with Crippen molar-refractivity contribution in [2.24, 2.45) is 0 Å². The fourth-order valence-corrected chi connectivity index (χ4v) is 1.75. The summed E-state index contributed by atoms with van der Waals surface area (Å²) < 4.78 is 0. The van der Waals surface area contributed by atoms with Gasteiger partial charge in [-0.25, -0.2) is 9.59 Å². The van der Waals surface area contributed by atoms with Gasteiger partial charge in [-0.15, -0.1) is 0 Å². The summed E-state index contributed by atoms with van der Waals surface area (Å²) >= 11 is 0. The first-order valence-corrected chi connectivity index (χ1v) is 6.41. The molecule has 104 valence electrons. The van der Waals surface area contributed by atoms with E-state index < -0.39 is 5.97 Å². The van der Waals surface area contributed by atoms with Crippen molar-refractivity contribution in [3.63, 3.8) is 0 Å². The molecule has 0 saturated carbocycles. The molecule has 0 atom stereocenters. The van der Waals surface area contributed by atoms with E-state index in [1.165, 1.54) is 11.0 Å². The Labute approximate surface area is 113 Å². The first-order valence-electron chi connectivity index (χ1n) is 6.41. The lowest BCUT2D eigenvalue weighted by Gasteiger charge is -2.19. The Morgan fingerprint density at radius 1 is 1.26 bits per heavy atom. The number of unbranched alkanes of at least 4 members (excludes halogenated alkanes) is 2. The van der Waals surface area contributed by atoms with Gasteiger partial charge in [-0.3, -0.25) is 4.90 Å². The number of hydrogen-bond donors (Lipinski definition) is 2. The summed E-state index contributed by atoms with van der Waals surface area (Å²) in [6.45, 7) is 2.70. The largest absolute Gasteiger partial charge is 0.478 e. The second-order valence-electron chi connectivity index (χ2n) is 4.32. The van der Waals surface area contributed by atoms with Gasteiger partial charge in [0.05, 0.1) is 11.3 Å². The first-order chi connectivity index (χ1) is 9.07. The van der Waals surface area contributed by atoms with Crippen molar-refractivity contribution in [1.29, 1.82) is 0 Å². The predicted octanol–water partition coefficient (Wildman–Crippen LogP) is 2.72. The Hall–Kier alpha value is -2.04. The molecule has 0 aliphatic carbocycles. The molecular weight excluding hydrogens is 244 g/mol. The molecule has 0 unspecified atom stereocenters. The number of carboxylic acid groups (broad SMARTS) is 1. The molecule has 0 heterocycles. The van der Waals surface area contributed by atoms with Crippen LogP contribution in [0.25, 0.3) is 0 Å². The molecule has 2 amide bonds. The molecule has 1 aromatic rings. The van der Waals surface area contributed by atoms with E-state index in [0.29, 0.717) is 12.2 Å². The van der Waals surface area contributed by atoms with E-state index in [4.69, 9.17) is 5.11 Å². The third-order valence-corrected chi connectivity index (χ3v) is 2.86. The maximum atomic E-state index is 11.9. The van der Waals surface area contributed by atoms with E-state index in [-0.39, 0.29) is 11.6 Å². The van der Waals surface area contributed by atoms with Crippen molar-refractivity contribution in [2.75, 3.05) is 18.5 Å². The number of anilines is 1. The molecule has 0 aromatic heterocycles. The van der Waals surface area contributed by atoms with Gasteiger partial charge in [-0.05, 0) is 18.6 Å². The highest BCUT2D eigenvalue weighted by Crippen LogP contribution is 2.19. The molecule has 0 radical (unpaired) electrons. The molecule has 19 heavy (non-hydrogen) atoms. The molecule has 0 fully saturated rings. The van der Waals surface area contributed by atoms with Crippen molar-refractivity contribution in [2.45, 2.75) is 26.2 Å². The van der Waals surface area contributed by atoms with Gasteiger partial charge in [-0.1, -0.05) is 31.9 Å². The van der Waals surface area contributed by atoms with Gasteiger partial charge in [0.1, 0.15) is 0 Å². The Kier molecular flexibility index (Phi) is 5.85. The minimum atomic E-state index is -1.04. The molecule has 0 spiro atoms. The average molecular weight is 264 g/mol. The number of amides is 2. The van der Waals surface area contributed by atoms with E-state index >= 15 is 0 Å². The number of carboxylic acids is 1. The van der Waals surface area contributed by atoms with E-state index in [1.54, 1.807) is 25.2 Å². The van der Waals surface area contributed by atoms with Crippen LogP contribution in [-0.4, -0.2) is 30.7 Å². The van der Waals surface area contributed by atoms with Crippen molar-refractivity contribution in [3.05, 3.63) is 29.8 Å². The maximum Gasteiger partial charge on any atom is 0.337 e. The Morgan fingerprint density at radius 2 is 1.95 bits per heavy atom. The summed E-state index contributed by atoms with van der Waals surface area (Å²) in [7, 11) is 1.57. The lowest BCUT2D eigenvalue weighted by molar-refractivity contribution is 0.0697. The number of hydrogen-bond acceptors (Lipinski definition) is 2. The number of carbonyl (C=O) groups is 2. The zero-order valence-electron chi connectivity index (χ0n) is 11.3. The minimum Gasteiger partial charge on any atom is -0.478 e. The van der Waals surface area contributed by atoms with Gasteiger partial charge in [0, 0.05) is 13.6 Å². The van der Waals surface area contributed by atoms with E-state index in [9.17, 15) is 9.59 Å². The molecule has 0 aliphatic rings. The highest BCUT2D eigenvalue weighted by atomic mass is 16.4. The number of urea groups is 1. The topological polar surface area (TPSA) is 69.6 Å². The highest BCUT2D eigenvalue weighted by molar-refractivity contribution is 6.01. The van der Waals surface area contributed by atoms with Crippen LogP contribution in [0.1, 0.15) is 36.5 Å². The van der Waals surface area contributed by atoms with E-state index in [2.05, 4.69) is 12.2 Å². The summed E-state index contributed by atoms with van der Waals surface area (Å²) in [4.78, 5) is 24.3. The number of nitrogens with zero attached hydrogens (tertiary/aromatic N) is 1. The molecule has 0 aliphatic heterocycles. The lowest BCUT2D eigenvalue weighted by atomic mass is 10.1. The third kappa shape index (κ3) is 4.28. The third-order valence-electron chi connectivity index (χ3n) is 2.86. The molecule has 1 rings (SSSR count). The second-order valence-corrected chi connectivity index (χ2v) is 4.32. The molecule has 5 nitrogen and oxygen atoms in total. The molecule has 5 heteroatoms. The minimum absolute atomic E-state index is 0.119. The zero-order valence-corrected chi connectivity index (χ0v) is 11.3. The summed E-state index contributed by atoms with van der Waals surface area (Å²) in [5.41, 5.74) is 0.511. The summed E-state index contributed by atoms with van der Waals surface area (Å²) in [5, 5.41) is 11.9. The van der Waals surface area contributed by atoms with Crippen molar-refractivity contribution < 1.29 is 14.7 Å². The van der Waals surface area contributed by atoms with Crippen molar-refractivity contribution in [3.8, 4) is 0 Å². The van der Waals surface area contributed by atoms with Gasteiger partial charge in [0.15, 0.2) is 0 Å². The highest BCUT2D eigenvalue weighted by Gasteiger charge is 2.17. The number of rotatable bonds is 6. The van der Waals surface area contributed by atoms with Crippen LogP contribution in [0.4, 0.5) is 10.5 Å². The molecule has 1 aromatic carbocycles. The van der Waals surface area contributed by atoms with Crippen molar-refractivity contribution in [1.82, 2.24) is 5.32 Å². The van der Waals surface area contributed by atoms with Crippen LogP contribution in [0.15, 0.2) is 24.3 Å². The fourth-order valence-electron chi connectivity index (χ4n) is 1.75. The van der Waals surface area contributed by atoms with E-state index in [1.807, 2.05) is 0 Å². The van der Waals surface area contributed by atoms with Crippen LogP contribution >= 0.6 is 0 Å².